The number of hydrogen-bond acceptors (Lipinski definition) is 0. The van der Waals surface area contributed by atoms with Gasteiger partial charge in [0.15, 0.2) is 0 Å². The minimum Gasteiger partial charge on any atom is -0.0842 e. The third-order valence-corrected chi connectivity index (χ3v) is 12.8. The van der Waals surface area contributed by atoms with E-state index in [0.717, 1.165) is 17.8 Å². The maximum absolute atomic E-state index is 2.78. The molecule has 0 aromatic heterocycles. The molecule has 30 heavy (non-hydrogen) atoms. The van der Waals surface area contributed by atoms with Crippen LogP contribution in [0.1, 0.15) is 126 Å². The molecule has 0 heterocycles. The summed E-state index contributed by atoms with van der Waals surface area (Å²) in [5, 5.41) is 0. The van der Waals surface area contributed by atoms with Crippen LogP contribution in [0.4, 0.5) is 0 Å². The van der Waals surface area contributed by atoms with E-state index in [-0.39, 0.29) is 0 Å². The maximum Gasteiger partial charge on any atom is -0.0141 e. The zero-order chi connectivity index (χ0) is 21.8. The number of fused-ring (bicyclic) bond motifs is 7. The van der Waals surface area contributed by atoms with Gasteiger partial charge in [-0.15, -0.1) is 0 Å². The molecule has 0 heteroatoms. The minimum absolute atomic E-state index is 0.442. The highest BCUT2D eigenvalue weighted by Gasteiger charge is 2.68. The van der Waals surface area contributed by atoms with Crippen molar-refractivity contribution >= 4 is 0 Å². The van der Waals surface area contributed by atoms with Crippen molar-refractivity contribution in [1.29, 1.82) is 0 Å². The Morgan fingerprint density at radius 1 is 0.700 bits per heavy atom. The summed E-state index contributed by atoms with van der Waals surface area (Å²) < 4.78 is 0. The molecule has 0 aromatic rings. The molecule has 0 amide bonds. The van der Waals surface area contributed by atoms with Gasteiger partial charge in [-0.25, -0.2) is 0 Å². The molecule has 0 aliphatic heterocycles. The molecule has 0 saturated heterocycles. The Kier molecular flexibility index (Phi) is 4.46. The van der Waals surface area contributed by atoms with Gasteiger partial charge in [0.1, 0.15) is 0 Å². The fourth-order valence-corrected chi connectivity index (χ4v) is 10.5. The van der Waals surface area contributed by atoms with Gasteiger partial charge in [-0.05, 0) is 114 Å². The van der Waals surface area contributed by atoms with E-state index in [0.29, 0.717) is 32.5 Å². The van der Waals surface area contributed by atoms with Crippen LogP contribution < -0.4 is 0 Å². The first-order valence-corrected chi connectivity index (χ1v) is 13.5. The van der Waals surface area contributed by atoms with Gasteiger partial charge in [-0.2, -0.15) is 0 Å². The molecule has 0 radical (unpaired) electrons. The summed E-state index contributed by atoms with van der Waals surface area (Å²) in [5.41, 5.74) is 5.02. The molecule has 4 fully saturated rings. The maximum atomic E-state index is 2.78. The molecular formula is C30H50. The summed E-state index contributed by atoms with van der Waals surface area (Å²) >= 11 is 0. The summed E-state index contributed by atoms with van der Waals surface area (Å²) in [7, 11) is 0. The van der Waals surface area contributed by atoms with Crippen molar-refractivity contribution in [3.05, 3.63) is 11.6 Å². The Hall–Kier alpha value is -0.260. The molecule has 5 aliphatic carbocycles. The SMILES string of the molecule is CC1(C)CC[C@]2(C)CC[C@]3(C)C4CC=C5C(CCCC5(C)C)[C@]4(C)CC[C@@]3(C)C2C1. The third kappa shape index (κ3) is 2.64. The lowest BCUT2D eigenvalue weighted by Gasteiger charge is -2.73. The van der Waals surface area contributed by atoms with Crippen LogP contribution in [0, 0.1) is 50.2 Å². The smallest absolute Gasteiger partial charge is 0.0141 e. The summed E-state index contributed by atoms with van der Waals surface area (Å²) in [4.78, 5) is 0. The van der Waals surface area contributed by atoms with Gasteiger partial charge in [0.05, 0.1) is 0 Å². The van der Waals surface area contributed by atoms with Crippen LogP contribution in [0.5, 0.6) is 0 Å². The van der Waals surface area contributed by atoms with Crippen molar-refractivity contribution < 1.29 is 0 Å². The van der Waals surface area contributed by atoms with Crippen molar-refractivity contribution in [2.75, 3.05) is 0 Å². The highest BCUT2D eigenvalue weighted by Crippen LogP contribution is 2.77. The van der Waals surface area contributed by atoms with Gasteiger partial charge in [0, 0.05) is 0 Å². The predicted molar refractivity (Wildman–Crippen MR) is 129 cm³/mol. The molecule has 5 rings (SSSR count). The van der Waals surface area contributed by atoms with E-state index in [4.69, 9.17) is 0 Å². The van der Waals surface area contributed by atoms with E-state index in [1.165, 1.54) is 70.6 Å². The first kappa shape index (κ1) is 21.6. The lowest BCUT2D eigenvalue weighted by atomic mass is 9.32. The van der Waals surface area contributed by atoms with Crippen molar-refractivity contribution in [2.45, 2.75) is 126 Å². The second-order valence-electron chi connectivity index (χ2n) is 15.2. The largest absolute Gasteiger partial charge is 0.0842 e. The fourth-order valence-electron chi connectivity index (χ4n) is 10.5. The highest BCUT2D eigenvalue weighted by atomic mass is 14.7. The van der Waals surface area contributed by atoms with Crippen molar-refractivity contribution in [3.8, 4) is 0 Å². The standard InChI is InChI=1S/C30H50/c1-25(2)14-15-27(5)16-18-29(7)23-12-11-21-22(10-9-13-26(21,3)4)28(23,6)17-19-30(29,8)24(27)20-25/h11,22-24H,9-10,12-20H2,1-8H3/t22?,23?,24?,27-,28+,29-,30+/m1/s1. The molecule has 0 aromatic carbocycles. The van der Waals surface area contributed by atoms with Crippen LogP contribution in [0.15, 0.2) is 11.6 Å². The van der Waals surface area contributed by atoms with Crippen molar-refractivity contribution in [3.63, 3.8) is 0 Å². The second kappa shape index (κ2) is 6.20. The van der Waals surface area contributed by atoms with Gasteiger partial charge in [-0.3, -0.25) is 0 Å². The van der Waals surface area contributed by atoms with Gasteiger partial charge in [0.25, 0.3) is 0 Å². The Bertz CT molecular complexity index is 754. The zero-order valence-corrected chi connectivity index (χ0v) is 21.6. The molecule has 3 unspecified atom stereocenters. The van der Waals surface area contributed by atoms with E-state index in [2.05, 4.69) is 61.5 Å². The first-order valence-electron chi connectivity index (χ1n) is 13.5. The molecular weight excluding hydrogens is 360 g/mol. The molecule has 7 atom stereocenters. The molecule has 0 spiro atoms. The monoisotopic (exact) mass is 410 g/mol. The van der Waals surface area contributed by atoms with E-state index < -0.39 is 0 Å². The normalized spacial score (nSPS) is 54.1. The van der Waals surface area contributed by atoms with Crippen LogP contribution in [0.2, 0.25) is 0 Å². The Morgan fingerprint density at radius 3 is 2.07 bits per heavy atom. The molecule has 0 N–H and O–H groups in total. The molecule has 5 aliphatic rings. The molecule has 170 valence electrons. The van der Waals surface area contributed by atoms with Crippen LogP contribution in [-0.4, -0.2) is 0 Å². The fraction of sp³-hybridized carbons (Fsp3) is 0.933. The van der Waals surface area contributed by atoms with Crippen LogP contribution >= 0.6 is 0 Å². The average Bonchev–Trinajstić information content (AvgIpc) is 2.65. The second-order valence-corrected chi connectivity index (χ2v) is 15.2. The van der Waals surface area contributed by atoms with Crippen LogP contribution in [0.25, 0.3) is 0 Å². The van der Waals surface area contributed by atoms with Crippen LogP contribution in [0.3, 0.4) is 0 Å². The van der Waals surface area contributed by atoms with Crippen molar-refractivity contribution in [1.82, 2.24) is 0 Å². The van der Waals surface area contributed by atoms with Gasteiger partial charge < -0.3 is 0 Å². The zero-order valence-electron chi connectivity index (χ0n) is 21.6. The van der Waals surface area contributed by atoms with E-state index in [1.807, 2.05) is 5.57 Å². The summed E-state index contributed by atoms with van der Waals surface area (Å²) in [6.45, 7) is 21.2. The first-order chi connectivity index (χ1) is 13.8. The average molecular weight is 411 g/mol. The quantitative estimate of drug-likeness (QED) is 0.349. The summed E-state index contributed by atoms with van der Waals surface area (Å²) in [5.74, 6) is 2.67. The topological polar surface area (TPSA) is 0 Å². The van der Waals surface area contributed by atoms with Gasteiger partial charge in [-0.1, -0.05) is 73.5 Å². The van der Waals surface area contributed by atoms with E-state index in [1.54, 1.807) is 0 Å². The Labute approximate surface area is 188 Å². The molecule has 0 nitrogen and oxygen atoms in total. The third-order valence-electron chi connectivity index (χ3n) is 12.8. The summed E-state index contributed by atoms with van der Waals surface area (Å²) in [6.07, 6.45) is 18.8. The number of hydrogen-bond donors (Lipinski definition) is 0. The van der Waals surface area contributed by atoms with E-state index in [9.17, 15) is 0 Å². The van der Waals surface area contributed by atoms with Gasteiger partial charge in [0.2, 0.25) is 0 Å². The lowest BCUT2D eigenvalue weighted by molar-refractivity contribution is -0.229. The predicted octanol–water partition coefficient (Wildman–Crippen LogP) is 9.20. The number of rotatable bonds is 0. The van der Waals surface area contributed by atoms with Crippen LogP contribution in [-0.2, 0) is 0 Å². The molecule has 4 saturated carbocycles. The van der Waals surface area contributed by atoms with E-state index >= 15 is 0 Å². The van der Waals surface area contributed by atoms with Crippen molar-refractivity contribution in [2.24, 2.45) is 50.2 Å². The Balaban J connectivity index is 1.57. The number of allylic oxidation sites excluding steroid dienone is 2. The summed E-state index contributed by atoms with van der Waals surface area (Å²) in [6, 6.07) is 0. The Morgan fingerprint density at radius 2 is 1.33 bits per heavy atom. The van der Waals surface area contributed by atoms with Gasteiger partial charge >= 0.3 is 0 Å². The minimum atomic E-state index is 0.442. The lowest BCUT2D eigenvalue weighted by Crippen LogP contribution is -2.65. The highest BCUT2D eigenvalue weighted by molar-refractivity contribution is 5.29. The molecule has 0 bridgehead atoms.